The van der Waals surface area contributed by atoms with Gasteiger partial charge in [-0.3, -0.25) is 9.69 Å². The zero-order chi connectivity index (χ0) is 16.6. The van der Waals surface area contributed by atoms with Gasteiger partial charge in [0, 0.05) is 10.0 Å². The number of benzene rings is 2. The lowest BCUT2D eigenvalue weighted by Crippen LogP contribution is -2.28. The molecule has 0 N–H and O–H groups in total. The van der Waals surface area contributed by atoms with E-state index in [1.165, 1.54) is 30.3 Å². The summed E-state index contributed by atoms with van der Waals surface area (Å²) < 4.78 is 28.6. The minimum absolute atomic E-state index is 0.0908. The van der Waals surface area contributed by atoms with Crippen LogP contribution in [0.5, 0.6) is 0 Å². The molecular formula is C16H8BrF2NOS2. The second-order valence-corrected chi connectivity index (χ2v) is 7.23. The minimum Gasteiger partial charge on any atom is -0.268 e. The van der Waals surface area contributed by atoms with Crippen LogP contribution in [-0.4, -0.2) is 10.2 Å². The molecule has 1 aliphatic heterocycles. The average molecular weight is 412 g/mol. The topological polar surface area (TPSA) is 20.3 Å². The number of para-hydroxylation sites is 1. The Hall–Kier alpha value is -1.57. The molecule has 1 amide bonds. The Morgan fingerprint density at radius 1 is 1.13 bits per heavy atom. The van der Waals surface area contributed by atoms with Gasteiger partial charge >= 0.3 is 0 Å². The summed E-state index contributed by atoms with van der Waals surface area (Å²) in [4.78, 5) is 13.9. The van der Waals surface area contributed by atoms with Gasteiger partial charge in [0.25, 0.3) is 5.91 Å². The van der Waals surface area contributed by atoms with Crippen LogP contribution in [-0.2, 0) is 4.79 Å². The molecule has 1 heterocycles. The van der Waals surface area contributed by atoms with E-state index >= 15 is 0 Å². The molecule has 1 aliphatic rings. The monoisotopic (exact) mass is 411 g/mol. The Labute approximate surface area is 149 Å². The SMILES string of the molecule is O=C1C(=Cc2cc(Br)ccc2F)SC(=S)N1c1ccccc1F. The number of thiocarbonyl (C=S) groups is 1. The Kier molecular flexibility index (Phi) is 4.61. The fourth-order valence-corrected chi connectivity index (χ4v) is 3.73. The molecule has 1 saturated heterocycles. The van der Waals surface area contributed by atoms with Crippen LogP contribution >= 0.6 is 39.9 Å². The van der Waals surface area contributed by atoms with Crippen molar-refractivity contribution in [3.63, 3.8) is 0 Å². The summed E-state index contributed by atoms with van der Waals surface area (Å²) >= 11 is 9.44. The van der Waals surface area contributed by atoms with Gasteiger partial charge < -0.3 is 0 Å². The molecule has 2 nitrogen and oxygen atoms in total. The third-order valence-corrected chi connectivity index (χ3v) is 4.93. The van der Waals surface area contributed by atoms with Gasteiger partial charge in [-0.1, -0.05) is 52.0 Å². The molecule has 7 heteroatoms. The Morgan fingerprint density at radius 2 is 1.87 bits per heavy atom. The highest BCUT2D eigenvalue weighted by Gasteiger charge is 2.34. The molecule has 0 saturated carbocycles. The Bertz CT molecular complexity index is 854. The fourth-order valence-electron chi connectivity index (χ4n) is 2.07. The fraction of sp³-hybridized carbons (Fsp3) is 0. The van der Waals surface area contributed by atoms with E-state index in [-0.39, 0.29) is 20.5 Å². The highest BCUT2D eigenvalue weighted by atomic mass is 79.9. The van der Waals surface area contributed by atoms with E-state index in [1.54, 1.807) is 18.2 Å². The van der Waals surface area contributed by atoms with Crippen molar-refractivity contribution < 1.29 is 13.6 Å². The van der Waals surface area contributed by atoms with Gasteiger partial charge in [-0.15, -0.1) is 0 Å². The molecule has 23 heavy (non-hydrogen) atoms. The summed E-state index contributed by atoms with van der Waals surface area (Å²) in [5.41, 5.74) is 0.349. The van der Waals surface area contributed by atoms with Crippen LogP contribution in [0.2, 0.25) is 0 Å². The first kappa shape index (κ1) is 16.3. The van der Waals surface area contributed by atoms with Crippen molar-refractivity contribution in [1.82, 2.24) is 0 Å². The summed E-state index contributed by atoms with van der Waals surface area (Å²) in [6, 6.07) is 10.3. The maximum Gasteiger partial charge on any atom is 0.270 e. The van der Waals surface area contributed by atoms with Crippen LogP contribution in [0.1, 0.15) is 5.56 Å². The van der Waals surface area contributed by atoms with E-state index in [2.05, 4.69) is 15.9 Å². The van der Waals surface area contributed by atoms with Crippen molar-refractivity contribution in [2.24, 2.45) is 0 Å². The zero-order valence-corrected chi connectivity index (χ0v) is 14.6. The molecule has 116 valence electrons. The van der Waals surface area contributed by atoms with E-state index in [1.807, 2.05) is 0 Å². The highest BCUT2D eigenvalue weighted by Crippen LogP contribution is 2.37. The average Bonchev–Trinajstić information content (AvgIpc) is 2.78. The Balaban J connectivity index is 2.00. The lowest BCUT2D eigenvalue weighted by molar-refractivity contribution is -0.113. The molecular weight excluding hydrogens is 404 g/mol. The normalized spacial score (nSPS) is 16.5. The number of thioether (sulfide) groups is 1. The van der Waals surface area contributed by atoms with Gasteiger partial charge in [0.05, 0.1) is 10.6 Å². The number of carbonyl (C=O) groups is 1. The van der Waals surface area contributed by atoms with Gasteiger partial charge in [0.15, 0.2) is 4.32 Å². The van der Waals surface area contributed by atoms with E-state index in [0.29, 0.717) is 4.47 Å². The van der Waals surface area contributed by atoms with E-state index in [9.17, 15) is 13.6 Å². The molecule has 0 aliphatic carbocycles. The van der Waals surface area contributed by atoms with Crippen molar-refractivity contribution in [2.75, 3.05) is 4.90 Å². The standard InChI is InChI=1S/C16H8BrF2NOS2/c17-10-5-6-11(18)9(7-10)8-14-15(21)20(16(22)23-14)13-4-2-1-3-12(13)19/h1-8H. The molecule has 0 aromatic heterocycles. The first-order chi connectivity index (χ1) is 11.0. The maximum absolute atomic E-state index is 13.9. The number of amides is 1. The van der Waals surface area contributed by atoms with Crippen LogP contribution in [0.3, 0.4) is 0 Å². The van der Waals surface area contributed by atoms with Crippen LogP contribution in [0.4, 0.5) is 14.5 Å². The van der Waals surface area contributed by atoms with Crippen molar-refractivity contribution in [3.05, 3.63) is 69.0 Å². The molecule has 1 fully saturated rings. The number of rotatable bonds is 2. The predicted molar refractivity (Wildman–Crippen MR) is 96.2 cm³/mol. The summed E-state index contributed by atoms with van der Waals surface area (Å²) in [5.74, 6) is -1.47. The number of halogens is 3. The molecule has 3 rings (SSSR count). The number of hydrogen-bond donors (Lipinski definition) is 0. The molecule has 2 aromatic carbocycles. The van der Waals surface area contributed by atoms with Gasteiger partial charge in [-0.25, -0.2) is 8.78 Å². The van der Waals surface area contributed by atoms with E-state index < -0.39 is 17.5 Å². The first-order valence-electron chi connectivity index (χ1n) is 6.45. The second-order valence-electron chi connectivity index (χ2n) is 4.63. The summed E-state index contributed by atoms with van der Waals surface area (Å²) in [6.45, 7) is 0. The molecule has 0 bridgehead atoms. The van der Waals surface area contributed by atoms with Crippen LogP contribution in [0.15, 0.2) is 51.8 Å². The van der Waals surface area contributed by atoms with Crippen molar-refractivity contribution in [2.45, 2.75) is 0 Å². The highest BCUT2D eigenvalue weighted by molar-refractivity contribution is 9.10. The number of carbonyl (C=O) groups excluding carboxylic acids is 1. The molecule has 0 unspecified atom stereocenters. The predicted octanol–water partition coefficient (Wildman–Crippen LogP) is 5.13. The smallest absolute Gasteiger partial charge is 0.268 e. The zero-order valence-electron chi connectivity index (χ0n) is 11.4. The third kappa shape index (κ3) is 3.22. The largest absolute Gasteiger partial charge is 0.270 e. The van der Waals surface area contributed by atoms with Gasteiger partial charge in [0.2, 0.25) is 0 Å². The van der Waals surface area contributed by atoms with Crippen LogP contribution < -0.4 is 4.90 Å². The number of nitrogens with zero attached hydrogens (tertiary/aromatic N) is 1. The van der Waals surface area contributed by atoms with Crippen LogP contribution in [0.25, 0.3) is 6.08 Å². The summed E-state index contributed by atoms with van der Waals surface area (Å²) in [5, 5.41) is 0. The molecule has 0 radical (unpaired) electrons. The van der Waals surface area contributed by atoms with Gasteiger partial charge in [-0.2, -0.15) is 0 Å². The minimum atomic E-state index is -0.543. The quantitative estimate of drug-likeness (QED) is 0.504. The second kappa shape index (κ2) is 6.51. The van der Waals surface area contributed by atoms with Gasteiger partial charge in [0.1, 0.15) is 11.6 Å². The number of anilines is 1. The van der Waals surface area contributed by atoms with Gasteiger partial charge in [-0.05, 0) is 36.4 Å². The lowest BCUT2D eigenvalue weighted by Gasteiger charge is -2.14. The van der Waals surface area contributed by atoms with Crippen LogP contribution in [0, 0.1) is 11.6 Å². The maximum atomic E-state index is 13.9. The van der Waals surface area contributed by atoms with Crippen molar-refractivity contribution >= 4 is 61.9 Å². The first-order valence-corrected chi connectivity index (χ1v) is 8.46. The molecule has 0 spiro atoms. The Morgan fingerprint density at radius 3 is 2.61 bits per heavy atom. The van der Waals surface area contributed by atoms with E-state index in [0.717, 1.165) is 16.7 Å². The number of hydrogen-bond acceptors (Lipinski definition) is 3. The van der Waals surface area contributed by atoms with E-state index in [4.69, 9.17) is 12.2 Å². The molecule has 0 atom stereocenters. The molecule has 2 aromatic rings. The van der Waals surface area contributed by atoms with Crippen molar-refractivity contribution in [3.8, 4) is 0 Å². The lowest BCUT2D eigenvalue weighted by atomic mass is 10.2. The third-order valence-electron chi connectivity index (χ3n) is 3.13. The summed E-state index contributed by atoms with van der Waals surface area (Å²) in [6.07, 6.45) is 1.42. The summed E-state index contributed by atoms with van der Waals surface area (Å²) in [7, 11) is 0. The van der Waals surface area contributed by atoms with Crippen molar-refractivity contribution in [1.29, 1.82) is 0 Å².